The van der Waals surface area contributed by atoms with Crippen molar-refractivity contribution in [3.8, 4) is 22.5 Å². The quantitative estimate of drug-likeness (QED) is 0.112. The van der Waals surface area contributed by atoms with E-state index < -0.39 is 0 Å². The number of benzene rings is 4. The van der Waals surface area contributed by atoms with E-state index >= 15 is 0 Å². The molecule has 10 nitrogen and oxygen atoms in total. The van der Waals surface area contributed by atoms with E-state index in [-0.39, 0.29) is 11.8 Å². The number of hydrogen-bond donors (Lipinski definition) is 4. The molecule has 0 bridgehead atoms. The van der Waals surface area contributed by atoms with E-state index in [4.69, 9.17) is 23.2 Å². The van der Waals surface area contributed by atoms with Crippen molar-refractivity contribution in [2.24, 2.45) is 14.1 Å². The van der Waals surface area contributed by atoms with Gasteiger partial charge in [0.1, 0.15) is 0 Å². The minimum Gasteiger partial charge on any atom is -0.361 e. The second-order valence-corrected chi connectivity index (χ2v) is 13.7. The van der Waals surface area contributed by atoms with Gasteiger partial charge in [0.15, 0.2) is 11.4 Å². The maximum atomic E-state index is 12.5. The van der Waals surface area contributed by atoms with Crippen molar-refractivity contribution in [1.29, 1.82) is 0 Å². The van der Waals surface area contributed by atoms with Crippen LogP contribution in [-0.4, -0.2) is 54.4 Å². The molecule has 8 aromatic rings. The van der Waals surface area contributed by atoms with Crippen LogP contribution in [0.5, 0.6) is 0 Å². The van der Waals surface area contributed by atoms with E-state index in [1.165, 1.54) is 0 Å². The summed E-state index contributed by atoms with van der Waals surface area (Å²) in [7, 11) is 3.68. The number of nitrogens with zero attached hydrogens (tertiary/aromatic N) is 4. The second-order valence-electron chi connectivity index (χ2n) is 12.8. The highest BCUT2D eigenvalue weighted by Crippen LogP contribution is 2.25. The first-order chi connectivity index (χ1) is 26.2. The highest BCUT2D eigenvalue weighted by molar-refractivity contribution is 6.31. The summed E-state index contributed by atoms with van der Waals surface area (Å²) in [4.78, 5) is 31.4. The van der Waals surface area contributed by atoms with Crippen LogP contribution in [0.2, 0.25) is 10.0 Å². The summed E-state index contributed by atoms with van der Waals surface area (Å²) in [5.74, 6) is -0.351. The monoisotopic (exact) mass is 756 g/mol. The lowest BCUT2D eigenvalue weighted by Crippen LogP contribution is -2.26. The number of rotatable bonds is 10. The molecular formula is C42H38Cl2N8O2. The van der Waals surface area contributed by atoms with Gasteiger partial charge in [0.25, 0.3) is 11.8 Å². The molecule has 4 N–H and O–H groups in total. The number of aromatic nitrogens is 6. The van der Waals surface area contributed by atoms with Gasteiger partial charge in [-0.25, -0.2) is 0 Å². The summed E-state index contributed by atoms with van der Waals surface area (Å²) < 4.78 is 3.46. The molecule has 0 spiro atoms. The van der Waals surface area contributed by atoms with Crippen molar-refractivity contribution < 1.29 is 9.59 Å². The van der Waals surface area contributed by atoms with Crippen LogP contribution in [0.1, 0.15) is 32.1 Å². The summed E-state index contributed by atoms with van der Waals surface area (Å²) in [5, 5.41) is 18.2. The molecule has 0 unspecified atom stereocenters. The van der Waals surface area contributed by atoms with Crippen LogP contribution in [0.25, 0.3) is 44.3 Å². The average molecular weight is 758 g/mol. The van der Waals surface area contributed by atoms with Gasteiger partial charge in [-0.05, 0) is 83.6 Å². The molecule has 0 fully saturated rings. The third-order valence-electron chi connectivity index (χ3n) is 9.18. The first-order valence-electron chi connectivity index (χ1n) is 17.5. The Hall–Kier alpha value is -6.10. The Kier molecular flexibility index (Phi) is 10.9. The molecule has 4 heterocycles. The number of carbonyl (C=O) groups is 2. The molecule has 4 aromatic heterocycles. The van der Waals surface area contributed by atoms with Gasteiger partial charge in [-0.15, -0.1) is 0 Å². The normalized spacial score (nSPS) is 11.0. The molecule has 0 saturated heterocycles. The van der Waals surface area contributed by atoms with Gasteiger partial charge in [0.05, 0.1) is 11.4 Å². The van der Waals surface area contributed by atoms with Gasteiger partial charge in [-0.3, -0.25) is 19.0 Å². The van der Waals surface area contributed by atoms with E-state index in [9.17, 15) is 9.59 Å². The molecule has 2 amide bonds. The van der Waals surface area contributed by atoms with Crippen molar-refractivity contribution in [3.63, 3.8) is 0 Å². The van der Waals surface area contributed by atoms with Crippen molar-refractivity contribution in [2.75, 3.05) is 13.1 Å². The molecule has 272 valence electrons. The van der Waals surface area contributed by atoms with Gasteiger partial charge in [-0.1, -0.05) is 83.9 Å². The van der Waals surface area contributed by atoms with Crippen LogP contribution in [-0.2, 0) is 26.9 Å². The van der Waals surface area contributed by atoms with Gasteiger partial charge in [-0.2, -0.15) is 10.2 Å². The number of nitrogens with one attached hydrogen (secondary N) is 4. The largest absolute Gasteiger partial charge is 0.361 e. The Morgan fingerprint density at radius 1 is 0.593 bits per heavy atom. The summed E-state index contributed by atoms with van der Waals surface area (Å²) in [6, 6.07) is 34.9. The maximum Gasteiger partial charge on any atom is 0.271 e. The number of halogens is 2. The fraction of sp³-hybridized carbons (Fsp3) is 0.143. The summed E-state index contributed by atoms with van der Waals surface area (Å²) in [6.45, 7) is 1.05. The SMILES string of the molecule is Cn1nc(C(=O)NCCc2c[nH]c3ccc(Cl)cc23)cc1-c1ccccc1.Cn1nc(C(=O)NCCc2c[nH]c3ccc(Cl)cc23)cc1-c1ccccc1. The number of fused-ring (bicyclic) bond motifs is 2. The maximum absolute atomic E-state index is 12.5. The van der Waals surface area contributed by atoms with Crippen molar-refractivity contribution >= 4 is 56.8 Å². The Morgan fingerprint density at radius 2 is 1.00 bits per heavy atom. The van der Waals surface area contributed by atoms with Crippen molar-refractivity contribution in [2.45, 2.75) is 12.8 Å². The molecule has 12 heteroatoms. The molecule has 0 aliphatic rings. The predicted molar refractivity (Wildman–Crippen MR) is 216 cm³/mol. The molecular weight excluding hydrogens is 719 g/mol. The molecule has 0 atom stereocenters. The molecule has 0 aliphatic heterocycles. The van der Waals surface area contributed by atoms with Crippen LogP contribution in [0.4, 0.5) is 0 Å². The van der Waals surface area contributed by atoms with Gasteiger partial charge in [0, 0.05) is 71.4 Å². The molecule has 54 heavy (non-hydrogen) atoms. The number of aryl methyl sites for hydroxylation is 2. The molecule has 8 rings (SSSR count). The van der Waals surface area contributed by atoms with E-state index in [0.717, 1.165) is 55.4 Å². The molecule has 0 radical (unpaired) electrons. The lowest BCUT2D eigenvalue weighted by molar-refractivity contribution is 0.0940. The zero-order chi connectivity index (χ0) is 37.6. The summed E-state index contributed by atoms with van der Waals surface area (Å²) in [5.41, 5.74) is 9.04. The number of carbonyl (C=O) groups excluding carboxylic acids is 2. The minimum absolute atomic E-state index is 0.175. The van der Waals surface area contributed by atoms with Crippen LogP contribution in [0.15, 0.2) is 122 Å². The lowest BCUT2D eigenvalue weighted by atomic mass is 10.1. The number of amides is 2. The summed E-state index contributed by atoms with van der Waals surface area (Å²) >= 11 is 12.2. The Labute approximate surface area is 322 Å². The first kappa shape index (κ1) is 36.3. The minimum atomic E-state index is -0.175. The molecule has 4 aromatic carbocycles. The van der Waals surface area contributed by atoms with Crippen LogP contribution in [0.3, 0.4) is 0 Å². The highest BCUT2D eigenvalue weighted by Gasteiger charge is 2.15. The van der Waals surface area contributed by atoms with Crippen molar-refractivity contribution in [1.82, 2.24) is 40.2 Å². The molecule has 0 saturated carbocycles. The fourth-order valence-corrected chi connectivity index (χ4v) is 6.78. The third kappa shape index (κ3) is 8.25. The van der Waals surface area contributed by atoms with E-state index in [2.05, 4.69) is 30.8 Å². The van der Waals surface area contributed by atoms with Gasteiger partial charge < -0.3 is 20.6 Å². The summed E-state index contributed by atoms with van der Waals surface area (Å²) in [6.07, 6.45) is 5.35. The first-order valence-corrected chi connectivity index (χ1v) is 18.3. The zero-order valence-electron chi connectivity index (χ0n) is 29.7. The number of hydrogen-bond acceptors (Lipinski definition) is 4. The Balaban J connectivity index is 0.000000167. The van der Waals surface area contributed by atoms with Crippen LogP contribution in [0, 0.1) is 0 Å². The number of aromatic amines is 2. The average Bonchev–Trinajstić information content (AvgIpc) is 3.98. The van der Waals surface area contributed by atoms with Crippen LogP contribution >= 0.6 is 23.2 Å². The van der Waals surface area contributed by atoms with Gasteiger partial charge >= 0.3 is 0 Å². The lowest BCUT2D eigenvalue weighted by Gasteiger charge is -2.03. The zero-order valence-corrected chi connectivity index (χ0v) is 31.2. The topological polar surface area (TPSA) is 125 Å². The smallest absolute Gasteiger partial charge is 0.271 e. The number of H-pyrrole nitrogens is 2. The van der Waals surface area contributed by atoms with E-state index in [1.807, 2.05) is 136 Å². The Bertz CT molecular complexity index is 2370. The standard InChI is InChI=1S/2C21H19ClN4O/c2*1-26-20(14-5-3-2-4-6-14)12-19(25-26)21(27)23-10-9-15-13-24-18-8-7-16(22)11-17(15)18/h2*2-8,11-13,24H,9-10H2,1H3,(H,23,27). The van der Waals surface area contributed by atoms with Gasteiger partial charge in [0.2, 0.25) is 0 Å². The molecule has 0 aliphatic carbocycles. The van der Waals surface area contributed by atoms with Crippen molar-refractivity contribution in [3.05, 3.63) is 154 Å². The second kappa shape index (κ2) is 16.3. The highest BCUT2D eigenvalue weighted by atomic mass is 35.5. The van der Waals surface area contributed by atoms with Crippen LogP contribution < -0.4 is 10.6 Å². The van der Waals surface area contributed by atoms with E-state index in [0.29, 0.717) is 47.4 Å². The van der Waals surface area contributed by atoms with E-state index in [1.54, 1.807) is 9.36 Å². The fourth-order valence-electron chi connectivity index (χ4n) is 6.43. The Morgan fingerprint density at radius 3 is 1.41 bits per heavy atom. The predicted octanol–water partition coefficient (Wildman–Crippen LogP) is 8.39. The third-order valence-corrected chi connectivity index (χ3v) is 9.65.